The number of benzene rings is 3. The zero-order valence-electron chi connectivity index (χ0n) is 21.0. The van der Waals surface area contributed by atoms with Crippen molar-refractivity contribution < 1.29 is 13.9 Å². The number of hydrogen-bond donors (Lipinski definition) is 0. The second-order valence-corrected chi connectivity index (χ2v) is 9.08. The van der Waals surface area contributed by atoms with Gasteiger partial charge in [-0.3, -0.25) is 14.7 Å². The first-order valence-electron chi connectivity index (χ1n) is 12.5. The molecule has 3 aromatic rings. The van der Waals surface area contributed by atoms with E-state index < -0.39 is 0 Å². The van der Waals surface area contributed by atoms with E-state index in [1.165, 1.54) is 24.3 Å². The maximum absolute atomic E-state index is 14.2. The fourth-order valence-electron chi connectivity index (χ4n) is 4.88. The van der Waals surface area contributed by atoms with Crippen LogP contribution in [0.1, 0.15) is 48.8 Å². The third-order valence-electron chi connectivity index (χ3n) is 6.70. The van der Waals surface area contributed by atoms with Crippen LogP contribution in [-0.4, -0.2) is 37.1 Å². The molecule has 0 spiro atoms. The monoisotopic (exact) mass is 484 g/mol. The molecule has 3 aromatic carbocycles. The minimum absolute atomic E-state index is 0.137. The highest BCUT2D eigenvalue weighted by atomic mass is 19.1. The van der Waals surface area contributed by atoms with Gasteiger partial charge in [0.1, 0.15) is 0 Å². The molecule has 0 atom stereocenters. The smallest absolute Gasteiger partial charge is 0.165 e. The van der Waals surface area contributed by atoms with Gasteiger partial charge in [-0.1, -0.05) is 66.7 Å². The highest BCUT2D eigenvalue weighted by Crippen LogP contribution is 2.31. The van der Waals surface area contributed by atoms with Gasteiger partial charge in [0, 0.05) is 55.9 Å². The number of rotatable bonds is 10. The Morgan fingerprint density at radius 2 is 1.72 bits per heavy atom. The first-order valence-corrected chi connectivity index (χ1v) is 12.5. The minimum atomic E-state index is -0.372. The van der Waals surface area contributed by atoms with E-state index in [-0.39, 0.29) is 23.3 Å². The molecule has 0 aromatic heterocycles. The average molecular weight is 485 g/mol. The zero-order chi connectivity index (χ0) is 25.3. The van der Waals surface area contributed by atoms with E-state index in [1.807, 2.05) is 49.4 Å². The van der Waals surface area contributed by atoms with Gasteiger partial charge in [-0.25, -0.2) is 4.39 Å². The molecule has 186 valence electrons. The van der Waals surface area contributed by atoms with Gasteiger partial charge in [-0.2, -0.15) is 0 Å². The maximum atomic E-state index is 14.2. The van der Waals surface area contributed by atoms with Gasteiger partial charge in [0.15, 0.2) is 17.3 Å². The standard InChI is InChI=1S/C31H33FN2O2/c1-3-33-29-18-19-34(21-23-14-17-31(36-2)28(32)20-23)22-27(29)30(35)16-15-26(24-10-6-4-7-11-24)25-12-8-5-9-13-25/h3-14,17,20,26H,15-16,18-19,21-22H2,1-2H3. The van der Waals surface area contributed by atoms with Crippen LogP contribution >= 0.6 is 0 Å². The molecule has 0 aliphatic carbocycles. The van der Waals surface area contributed by atoms with Crippen molar-refractivity contribution in [2.45, 2.75) is 38.6 Å². The molecule has 0 unspecified atom stereocenters. The van der Waals surface area contributed by atoms with Crippen LogP contribution in [-0.2, 0) is 11.3 Å². The molecule has 4 nitrogen and oxygen atoms in total. The lowest BCUT2D eigenvalue weighted by Crippen LogP contribution is -2.33. The van der Waals surface area contributed by atoms with Crippen molar-refractivity contribution in [2.75, 3.05) is 20.2 Å². The predicted octanol–water partition coefficient (Wildman–Crippen LogP) is 6.57. The number of halogens is 1. The van der Waals surface area contributed by atoms with Crippen LogP contribution in [0.25, 0.3) is 0 Å². The third kappa shape index (κ3) is 6.35. The number of hydrogen-bond acceptors (Lipinski definition) is 4. The number of carbonyl (C=O) groups is 1. The molecule has 4 rings (SSSR count). The summed E-state index contributed by atoms with van der Waals surface area (Å²) in [6.07, 6.45) is 3.62. The number of ketones is 1. The quantitative estimate of drug-likeness (QED) is 0.306. The predicted molar refractivity (Wildman–Crippen MR) is 143 cm³/mol. The summed E-state index contributed by atoms with van der Waals surface area (Å²) in [5, 5.41) is 0. The third-order valence-corrected chi connectivity index (χ3v) is 6.70. The zero-order valence-corrected chi connectivity index (χ0v) is 21.0. The summed E-state index contributed by atoms with van der Waals surface area (Å²) in [7, 11) is 1.46. The van der Waals surface area contributed by atoms with Crippen LogP contribution in [0.15, 0.2) is 95.1 Å². The maximum Gasteiger partial charge on any atom is 0.165 e. The molecule has 5 heteroatoms. The van der Waals surface area contributed by atoms with Gasteiger partial charge in [-0.15, -0.1) is 0 Å². The van der Waals surface area contributed by atoms with E-state index in [9.17, 15) is 9.18 Å². The lowest BCUT2D eigenvalue weighted by Gasteiger charge is -2.29. The fourth-order valence-corrected chi connectivity index (χ4v) is 4.88. The Morgan fingerprint density at radius 3 is 2.31 bits per heavy atom. The molecule has 0 amide bonds. The molecular formula is C31H33FN2O2. The van der Waals surface area contributed by atoms with Gasteiger partial charge in [0.25, 0.3) is 0 Å². The normalized spacial score (nSPS) is 14.6. The lowest BCUT2D eigenvalue weighted by atomic mass is 9.86. The van der Waals surface area contributed by atoms with Crippen molar-refractivity contribution in [3.8, 4) is 5.75 Å². The van der Waals surface area contributed by atoms with Gasteiger partial charge in [0.05, 0.1) is 7.11 Å². The van der Waals surface area contributed by atoms with E-state index in [2.05, 4.69) is 34.2 Å². The van der Waals surface area contributed by atoms with Crippen molar-refractivity contribution >= 4 is 12.0 Å². The molecule has 0 fully saturated rings. The second-order valence-electron chi connectivity index (χ2n) is 9.08. The highest BCUT2D eigenvalue weighted by molar-refractivity contribution is 5.97. The largest absolute Gasteiger partial charge is 0.494 e. The average Bonchev–Trinajstić information content (AvgIpc) is 2.91. The Labute approximate surface area is 213 Å². The van der Waals surface area contributed by atoms with Crippen molar-refractivity contribution in [1.29, 1.82) is 0 Å². The van der Waals surface area contributed by atoms with Crippen LogP contribution < -0.4 is 4.74 Å². The van der Waals surface area contributed by atoms with Crippen molar-refractivity contribution in [3.05, 3.63) is 113 Å². The molecule has 1 aliphatic rings. The summed E-state index contributed by atoms with van der Waals surface area (Å²) in [4.78, 5) is 20.3. The Balaban J connectivity index is 1.49. The van der Waals surface area contributed by atoms with E-state index >= 15 is 0 Å². The number of carbonyl (C=O) groups excluding carboxylic acids is 1. The number of nitrogens with zero attached hydrogens (tertiary/aromatic N) is 2. The summed E-state index contributed by atoms with van der Waals surface area (Å²) in [5.74, 6) is 0.150. The Morgan fingerprint density at radius 1 is 1.06 bits per heavy atom. The van der Waals surface area contributed by atoms with E-state index in [4.69, 9.17) is 4.74 Å². The van der Waals surface area contributed by atoms with Crippen molar-refractivity contribution in [1.82, 2.24) is 4.90 Å². The molecule has 0 N–H and O–H groups in total. The van der Waals surface area contributed by atoms with Crippen LogP contribution in [0.5, 0.6) is 5.75 Å². The van der Waals surface area contributed by atoms with E-state index in [0.717, 1.165) is 29.8 Å². The fraction of sp³-hybridized carbons (Fsp3) is 0.290. The number of Topliss-reactive ketones (excluding diaryl/α,β-unsaturated/α-hetero) is 1. The lowest BCUT2D eigenvalue weighted by molar-refractivity contribution is -0.116. The molecule has 36 heavy (non-hydrogen) atoms. The molecule has 0 radical (unpaired) electrons. The number of methoxy groups -OCH3 is 1. The van der Waals surface area contributed by atoms with Gasteiger partial charge < -0.3 is 4.74 Å². The summed E-state index contributed by atoms with van der Waals surface area (Å²) in [5.41, 5.74) is 4.92. The van der Waals surface area contributed by atoms with Gasteiger partial charge >= 0.3 is 0 Å². The van der Waals surface area contributed by atoms with Crippen molar-refractivity contribution in [2.24, 2.45) is 4.99 Å². The summed E-state index contributed by atoms with van der Waals surface area (Å²) >= 11 is 0. The second kappa shape index (κ2) is 12.4. The molecular weight excluding hydrogens is 451 g/mol. The Hall–Kier alpha value is -3.57. The molecule has 1 heterocycles. The summed E-state index contributed by atoms with van der Waals surface area (Å²) in [6.45, 7) is 3.73. The minimum Gasteiger partial charge on any atom is -0.494 e. The molecule has 0 saturated heterocycles. The highest BCUT2D eigenvalue weighted by Gasteiger charge is 2.25. The first kappa shape index (κ1) is 25.5. The number of aliphatic imine (C=N–C) groups is 1. The topological polar surface area (TPSA) is 41.9 Å². The van der Waals surface area contributed by atoms with Crippen LogP contribution in [0, 0.1) is 5.82 Å². The SMILES string of the molecule is CC=NC1=C(C(=O)CCC(c2ccccc2)c2ccccc2)CN(Cc2ccc(OC)c(F)c2)CC1. The molecule has 1 aliphatic heterocycles. The van der Waals surface area contributed by atoms with E-state index in [0.29, 0.717) is 25.9 Å². The number of ether oxygens (including phenoxy) is 1. The van der Waals surface area contributed by atoms with Crippen LogP contribution in [0.2, 0.25) is 0 Å². The van der Waals surface area contributed by atoms with Crippen LogP contribution in [0.4, 0.5) is 4.39 Å². The van der Waals surface area contributed by atoms with Crippen molar-refractivity contribution in [3.63, 3.8) is 0 Å². The Kier molecular flexibility index (Phi) is 8.80. The molecule has 0 bridgehead atoms. The van der Waals surface area contributed by atoms with E-state index in [1.54, 1.807) is 12.3 Å². The van der Waals surface area contributed by atoms with Gasteiger partial charge in [-0.05, 0) is 42.2 Å². The van der Waals surface area contributed by atoms with Crippen LogP contribution in [0.3, 0.4) is 0 Å². The first-order chi connectivity index (χ1) is 17.6. The molecule has 0 saturated carbocycles. The summed E-state index contributed by atoms with van der Waals surface area (Å²) in [6, 6.07) is 25.8. The Bertz CT molecular complexity index is 1180. The summed E-state index contributed by atoms with van der Waals surface area (Å²) < 4.78 is 19.2. The van der Waals surface area contributed by atoms with Gasteiger partial charge in [0.2, 0.25) is 0 Å².